The number of alkyl halides is 1. The molecule has 98 valence electrons. The number of ether oxygens (including phenoxy) is 1. The van der Waals surface area contributed by atoms with Crippen molar-refractivity contribution in [1.82, 2.24) is 5.32 Å². The molecule has 17 heavy (non-hydrogen) atoms. The molecule has 3 unspecified atom stereocenters. The predicted octanol–water partition coefficient (Wildman–Crippen LogP) is 2.63. The van der Waals surface area contributed by atoms with E-state index in [4.69, 9.17) is 4.74 Å². The summed E-state index contributed by atoms with van der Waals surface area (Å²) in [5.74, 6) is 0.738. The fourth-order valence-corrected chi connectivity index (χ4v) is 3.57. The van der Waals surface area contributed by atoms with E-state index in [0.717, 1.165) is 32.4 Å². The second-order valence-electron chi connectivity index (χ2n) is 5.23. The molecule has 3 atom stereocenters. The normalized spacial score (nSPS) is 34.3. The average Bonchev–Trinajstić information content (AvgIpc) is 2.37. The van der Waals surface area contributed by atoms with Gasteiger partial charge in [-0.25, -0.2) is 0 Å². The zero-order valence-corrected chi connectivity index (χ0v) is 11.9. The Morgan fingerprint density at radius 1 is 1.24 bits per heavy atom. The molecule has 0 aromatic rings. The number of halogens is 1. The van der Waals surface area contributed by atoms with Crippen LogP contribution in [0, 0.1) is 5.92 Å². The van der Waals surface area contributed by atoms with Gasteiger partial charge in [0.15, 0.2) is 0 Å². The summed E-state index contributed by atoms with van der Waals surface area (Å²) in [5.41, 5.74) is 0. The molecule has 4 heteroatoms. The van der Waals surface area contributed by atoms with Crippen LogP contribution in [0.2, 0.25) is 0 Å². The SMILES string of the molecule is O=C(NCC1CCCC(Br)C1)C1CCCCO1. The van der Waals surface area contributed by atoms with E-state index in [1.54, 1.807) is 0 Å². The number of carbonyl (C=O) groups excluding carboxylic acids is 1. The van der Waals surface area contributed by atoms with Gasteiger partial charge in [0.05, 0.1) is 0 Å². The van der Waals surface area contributed by atoms with Crippen LogP contribution < -0.4 is 5.32 Å². The molecule has 0 bridgehead atoms. The fraction of sp³-hybridized carbons (Fsp3) is 0.923. The van der Waals surface area contributed by atoms with Gasteiger partial charge in [0.25, 0.3) is 0 Å². The van der Waals surface area contributed by atoms with Crippen LogP contribution in [0.15, 0.2) is 0 Å². The van der Waals surface area contributed by atoms with Crippen molar-refractivity contribution < 1.29 is 9.53 Å². The zero-order chi connectivity index (χ0) is 12.1. The highest BCUT2D eigenvalue weighted by atomic mass is 79.9. The summed E-state index contributed by atoms with van der Waals surface area (Å²) in [6.07, 6.45) is 7.89. The van der Waals surface area contributed by atoms with Crippen LogP contribution in [-0.4, -0.2) is 30.0 Å². The Labute approximate surface area is 112 Å². The summed E-state index contributed by atoms with van der Waals surface area (Å²) in [6, 6.07) is 0. The quantitative estimate of drug-likeness (QED) is 0.814. The van der Waals surface area contributed by atoms with Crippen LogP contribution in [0.3, 0.4) is 0 Å². The van der Waals surface area contributed by atoms with Crippen molar-refractivity contribution >= 4 is 21.8 Å². The van der Waals surface area contributed by atoms with Crippen LogP contribution in [-0.2, 0) is 9.53 Å². The predicted molar refractivity (Wildman–Crippen MR) is 71.3 cm³/mol. The summed E-state index contributed by atoms with van der Waals surface area (Å²) in [5, 5.41) is 3.06. The van der Waals surface area contributed by atoms with E-state index in [2.05, 4.69) is 21.2 Å². The van der Waals surface area contributed by atoms with E-state index >= 15 is 0 Å². The van der Waals surface area contributed by atoms with Crippen molar-refractivity contribution in [3.63, 3.8) is 0 Å². The summed E-state index contributed by atoms with van der Waals surface area (Å²) in [4.78, 5) is 12.5. The maximum atomic E-state index is 11.9. The number of rotatable bonds is 3. The van der Waals surface area contributed by atoms with Gasteiger partial charge in [-0.1, -0.05) is 22.4 Å². The molecule has 0 aromatic heterocycles. The number of hydrogen-bond donors (Lipinski definition) is 1. The van der Waals surface area contributed by atoms with Gasteiger partial charge >= 0.3 is 0 Å². The van der Waals surface area contributed by atoms with Crippen LogP contribution in [0.5, 0.6) is 0 Å². The van der Waals surface area contributed by atoms with Crippen molar-refractivity contribution in [2.24, 2.45) is 5.92 Å². The molecule has 3 nitrogen and oxygen atoms in total. The lowest BCUT2D eigenvalue weighted by molar-refractivity contribution is -0.135. The number of amides is 1. The number of carbonyl (C=O) groups is 1. The Balaban J connectivity index is 1.68. The van der Waals surface area contributed by atoms with Gasteiger partial charge in [-0.3, -0.25) is 4.79 Å². The second-order valence-corrected chi connectivity index (χ2v) is 6.53. The Bertz CT molecular complexity index is 254. The number of hydrogen-bond acceptors (Lipinski definition) is 2. The van der Waals surface area contributed by atoms with Gasteiger partial charge in [-0.2, -0.15) is 0 Å². The highest BCUT2D eigenvalue weighted by Gasteiger charge is 2.24. The minimum Gasteiger partial charge on any atom is -0.368 e. The summed E-state index contributed by atoms with van der Waals surface area (Å²) in [7, 11) is 0. The van der Waals surface area contributed by atoms with Crippen molar-refractivity contribution in [3.8, 4) is 0 Å². The van der Waals surface area contributed by atoms with Gasteiger partial charge in [0.1, 0.15) is 6.10 Å². The first-order chi connectivity index (χ1) is 8.25. The van der Waals surface area contributed by atoms with Crippen molar-refractivity contribution in [3.05, 3.63) is 0 Å². The van der Waals surface area contributed by atoms with Gasteiger partial charge in [0, 0.05) is 18.0 Å². The van der Waals surface area contributed by atoms with E-state index in [0.29, 0.717) is 10.7 Å². The van der Waals surface area contributed by atoms with Gasteiger partial charge in [0.2, 0.25) is 5.91 Å². The fourth-order valence-electron chi connectivity index (χ4n) is 2.72. The largest absolute Gasteiger partial charge is 0.368 e. The molecular weight excluding hydrogens is 282 g/mol. The van der Waals surface area contributed by atoms with Gasteiger partial charge in [-0.05, 0) is 44.4 Å². The molecular formula is C13H22BrNO2. The lowest BCUT2D eigenvalue weighted by Gasteiger charge is -2.27. The second kappa shape index (κ2) is 6.74. The van der Waals surface area contributed by atoms with E-state index < -0.39 is 0 Å². The third-order valence-electron chi connectivity index (χ3n) is 3.76. The third kappa shape index (κ3) is 4.25. The summed E-state index contributed by atoms with van der Waals surface area (Å²) >= 11 is 3.67. The van der Waals surface area contributed by atoms with Crippen molar-refractivity contribution in [2.75, 3.05) is 13.2 Å². The van der Waals surface area contributed by atoms with Crippen molar-refractivity contribution in [2.45, 2.75) is 55.9 Å². The maximum absolute atomic E-state index is 11.9. The maximum Gasteiger partial charge on any atom is 0.249 e. The highest BCUT2D eigenvalue weighted by molar-refractivity contribution is 9.09. The molecule has 0 radical (unpaired) electrons. The third-order valence-corrected chi connectivity index (χ3v) is 4.59. The van der Waals surface area contributed by atoms with E-state index in [-0.39, 0.29) is 12.0 Å². The topological polar surface area (TPSA) is 38.3 Å². The standard InChI is InChI=1S/C13H22BrNO2/c14-11-5-3-4-10(8-11)9-15-13(16)12-6-1-2-7-17-12/h10-12H,1-9H2,(H,15,16). The zero-order valence-electron chi connectivity index (χ0n) is 10.3. The summed E-state index contributed by atoms with van der Waals surface area (Å²) in [6.45, 7) is 1.56. The lowest BCUT2D eigenvalue weighted by atomic mass is 9.89. The van der Waals surface area contributed by atoms with E-state index in [1.807, 2.05) is 0 Å². The molecule has 1 saturated heterocycles. The Hall–Kier alpha value is -0.0900. The Morgan fingerprint density at radius 2 is 2.12 bits per heavy atom. The molecule has 2 aliphatic rings. The first kappa shape index (κ1) is 13.3. The van der Waals surface area contributed by atoms with E-state index in [1.165, 1.54) is 25.7 Å². The molecule has 1 aliphatic heterocycles. The first-order valence-corrected chi connectivity index (χ1v) is 7.70. The van der Waals surface area contributed by atoms with Crippen LogP contribution >= 0.6 is 15.9 Å². The molecule has 1 heterocycles. The van der Waals surface area contributed by atoms with Gasteiger partial charge < -0.3 is 10.1 Å². The molecule has 2 fully saturated rings. The Morgan fingerprint density at radius 3 is 2.82 bits per heavy atom. The van der Waals surface area contributed by atoms with Crippen LogP contribution in [0.1, 0.15) is 44.9 Å². The average molecular weight is 304 g/mol. The highest BCUT2D eigenvalue weighted by Crippen LogP contribution is 2.28. The molecule has 0 aromatic carbocycles. The molecule has 0 spiro atoms. The van der Waals surface area contributed by atoms with Gasteiger partial charge in [-0.15, -0.1) is 0 Å². The van der Waals surface area contributed by atoms with Crippen LogP contribution in [0.4, 0.5) is 0 Å². The smallest absolute Gasteiger partial charge is 0.249 e. The minimum absolute atomic E-state index is 0.0985. The molecule has 1 saturated carbocycles. The minimum atomic E-state index is -0.188. The molecule has 1 aliphatic carbocycles. The first-order valence-electron chi connectivity index (χ1n) is 6.79. The molecule has 1 amide bonds. The molecule has 1 N–H and O–H groups in total. The molecule has 2 rings (SSSR count). The monoisotopic (exact) mass is 303 g/mol. The number of nitrogens with one attached hydrogen (secondary N) is 1. The van der Waals surface area contributed by atoms with E-state index in [9.17, 15) is 4.79 Å². The summed E-state index contributed by atoms with van der Waals surface area (Å²) < 4.78 is 5.48. The van der Waals surface area contributed by atoms with Crippen LogP contribution in [0.25, 0.3) is 0 Å². The van der Waals surface area contributed by atoms with Crippen molar-refractivity contribution in [1.29, 1.82) is 0 Å². The Kier molecular flexibility index (Phi) is 5.29. The lowest BCUT2D eigenvalue weighted by Crippen LogP contribution is -2.41.